The number of benzene rings is 3. The van der Waals surface area contributed by atoms with Crippen LogP contribution in [0.1, 0.15) is 114 Å². The maximum absolute atomic E-state index is 14.3. The quantitative estimate of drug-likeness (QED) is 0.149. The number of fused-ring (bicyclic) bond motifs is 3. The topological polar surface area (TPSA) is 134 Å². The number of likely N-dealkylation sites (tertiary alicyclic amines) is 1. The molecule has 13 heteroatoms. The van der Waals surface area contributed by atoms with Crippen molar-refractivity contribution in [2.24, 2.45) is 10.4 Å². The van der Waals surface area contributed by atoms with Gasteiger partial charge >= 0.3 is 0 Å². The van der Waals surface area contributed by atoms with Crippen molar-refractivity contribution in [3.63, 3.8) is 0 Å². The number of carbonyl (C=O) groups excluding carboxylic acids is 3. The fourth-order valence-corrected chi connectivity index (χ4v) is 10.4. The number of thiophene rings is 1. The molecule has 6 aromatic rings. The zero-order valence-corrected chi connectivity index (χ0v) is 37.8. The molecule has 4 unspecified atom stereocenters. The Labute approximate surface area is 365 Å². The van der Waals surface area contributed by atoms with Crippen LogP contribution in [-0.4, -0.2) is 66.7 Å². The van der Waals surface area contributed by atoms with Crippen molar-refractivity contribution in [1.29, 1.82) is 0 Å². The van der Waals surface area contributed by atoms with Crippen LogP contribution in [0.25, 0.3) is 26.6 Å². The van der Waals surface area contributed by atoms with Crippen molar-refractivity contribution < 1.29 is 14.4 Å². The fraction of sp³-hybridized carbons (Fsp3) is 0.354. The first kappa shape index (κ1) is 41.9. The average molecular weight is 853 g/mol. The predicted molar refractivity (Wildman–Crippen MR) is 244 cm³/mol. The number of hydrogen-bond donors (Lipinski definition) is 2. The van der Waals surface area contributed by atoms with Crippen LogP contribution >= 0.6 is 22.7 Å². The molecule has 3 aromatic heterocycles. The number of hydrogen-bond acceptors (Lipinski definition) is 9. The Bertz CT molecular complexity index is 2670. The van der Waals surface area contributed by atoms with Crippen molar-refractivity contribution in [2.75, 3.05) is 6.54 Å². The van der Waals surface area contributed by atoms with Crippen LogP contribution in [0, 0.1) is 33.1 Å². The summed E-state index contributed by atoms with van der Waals surface area (Å²) in [5.74, 6) is 0.867. The Balaban J connectivity index is 0.961. The molecule has 0 spiro atoms. The number of nitrogens with one attached hydrogen (secondary N) is 2. The Morgan fingerprint density at radius 1 is 0.869 bits per heavy atom. The molecule has 0 bridgehead atoms. The molecule has 3 aromatic carbocycles. The van der Waals surface area contributed by atoms with Crippen molar-refractivity contribution in [3.05, 3.63) is 128 Å². The molecule has 1 saturated heterocycles. The Morgan fingerprint density at radius 2 is 1.57 bits per heavy atom. The molecule has 5 heterocycles. The molecule has 2 N–H and O–H groups in total. The molecule has 61 heavy (non-hydrogen) atoms. The second-order valence-electron chi connectivity index (χ2n) is 17.3. The fourth-order valence-electron chi connectivity index (χ4n) is 8.37. The van der Waals surface area contributed by atoms with Crippen LogP contribution in [0.15, 0.2) is 83.3 Å². The van der Waals surface area contributed by atoms with Crippen molar-refractivity contribution in [1.82, 2.24) is 35.3 Å². The first-order chi connectivity index (χ1) is 29.1. The van der Waals surface area contributed by atoms with E-state index in [1.54, 1.807) is 39.7 Å². The molecule has 4 atom stereocenters. The molecule has 2 aliphatic rings. The summed E-state index contributed by atoms with van der Waals surface area (Å²) in [6.45, 7) is 18.5. The van der Waals surface area contributed by atoms with E-state index in [1.165, 1.54) is 10.4 Å². The summed E-state index contributed by atoms with van der Waals surface area (Å²) < 4.78 is 2.14. The summed E-state index contributed by atoms with van der Waals surface area (Å²) in [5, 5.41) is 16.2. The van der Waals surface area contributed by atoms with Gasteiger partial charge in [0.2, 0.25) is 11.8 Å². The minimum absolute atomic E-state index is 0.188. The smallest absolute Gasteiger partial charge is 0.251 e. The number of thiazole rings is 1. The van der Waals surface area contributed by atoms with Gasteiger partial charge in [0.05, 0.1) is 27.8 Å². The third-order valence-electron chi connectivity index (χ3n) is 12.0. The van der Waals surface area contributed by atoms with E-state index in [4.69, 9.17) is 4.99 Å². The number of aromatic nitrogens is 4. The van der Waals surface area contributed by atoms with E-state index in [2.05, 4.69) is 81.5 Å². The van der Waals surface area contributed by atoms with Gasteiger partial charge in [0, 0.05) is 28.1 Å². The van der Waals surface area contributed by atoms with E-state index < -0.39 is 17.5 Å². The lowest BCUT2D eigenvalue weighted by Gasteiger charge is -2.35. The van der Waals surface area contributed by atoms with Crippen molar-refractivity contribution in [2.45, 2.75) is 99.3 Å². The molecule has 0 aliphatic carbocycles. The van der Waals surface area contributed by atoms with Crippen LogP contribution in [-0.2, 0) is 9.59 Å². The highest BCUT2D eigenvalue weighted by molar-refractivity contribution is 7.15. The van der Waals surface area contributed by atoms with E-state index in [0.717, 1.165) is 66.3 Å². The first-order valence-electron chi connectivity index (χ1n) is 20.8. The van der Waals surface area contributed by atoms with Gasteiger partial charge in [0.15, 0.2) is 5.82 Å². The molecule has 1 fully saturated rings. The molecular weight excluding hydrogens is 801 g/mol. The Kier molecular flexibility index (Phi) is 11.4. The highest BCUT2D eigenvalue weighted by Crippen LogP contribution is 2.39. The molecule has 0 radical (unpaired) electrons. The van der Waals surface area contributed by atoms with Crippen LogP contribution < -0.4 is 10.6 Å². The number of amides is 3. The van der Waals surface area contributed by atoms with E-state index in [-0.39, 0.29) is 29.8 Å². The average Bonchev–Trinajstić information content (AvgIpc) is 4.04. The maximum Gasteiger partial charge on any atom is 0.251 e. The number of aryl methyl sites for hydroxylation is 3. The maximum atomic E-state index is 14.3. The molecule has 2 aliphatic heterocycles. The van der Waals surface area contributed by atoms with E-state index in [1.807, 2.05) is 77.4 Å². The molecular formula is C48H52N8O3S2. The normalized spacial score (nSPS) is 17.2. The van der Waals surface area contributed by atoms with Gasteiger partial charge in [-0.05, 0) is 106 Å². The summed E-state index contributed by atoms with van der Waals surface area (Å²) in [7, 11) is 0. The summed E-state index contributed by atoms with van der Waals surface area (Å²) in [4.78, 5) is 55.5. The third kappa shape index (κ3) is 8.08. The number of carbonyl (C=O) groups is 3. The Hall–Kier alpha value is -5.79. The lowest BCUT2D eigenvalue weighted by atomic mass is 9.85. The molecule has 8 rings (SSSR count). The minimum atomic E-state index is -0.848. The highest BCUT2D eigenvalue weighted by Gasteiger charge is 2.42. The van der Waals surface area contributed by atoms with Gasteiger partial charge < -0.3 is 15.5 Å². The van der Waals surface area contributed by atoms with Gasteiger partial charge in [-0.3, -0.25) is 23.9 Å². The van der Waals surface area contributed by atoms with Crippen molar-refractivity contribution in [3.8, 4) is 26.6 Å². The van der Waals surface area contributed by atoms with Gasteiger partial charge in [-0.1, -0.05) is 75.4 Å². The second-order valence-corrected chi connectivity index (χ2v) is 19.4. The van der Waals surface area contributed by atoms with Gasteiger partial charge in [-0.15, -0.1) is 32.9 Å². The lowest BCUT2D eigenvalue weighted by molar-refractivity contribution is -0.142. The first-order valence-corrected chi connectivity index (χ1v) is 22.5. The second kappa shape index (κ2) is 16.6. The van der Waals surface area contributed by atoms with E-state index in [0.29, 0.717) is 24.9 Å². The monoisotopic (exact) mass is 852 g/mol. The summed E-state index contributed by atoms with van der Waals surface area (Å²) >= 11 is 3.34. The molecule has 0 saturated carbocycles. The summed E-state index contributed by atoms with van der Waals surface area (Å²) in [6, 6.07) is 22.0. The molecule has 3 amide bonds. The Morgan fingerprint density at radius 3 is 2.26 bits per heavy atom. The molecule has 11 nitrogen and oxygen atoms in total. The predicted octanol–water partition coefficient (Wildman–Crippen LogP) is 9.28. The van der Waals surface area contributed by atoms with Gasteiger partial charge in [-0.25, -0.2) is 4.98 Å². The van der Waals surface area contributed by atoms with Gasteiger partial charge in [0.25, 0.3) is 5.91 Å². The minimum Gasteiger partial charge on any atom is -0.348 e. The summed E-state index contributed by atoms with van der Waals surface area (Å²) in [6.07, 6.45) is 1.26. The zero-order valence-electron chi connectivity index (χ0n) is 36.2. The van der Waals surface area contributed by atoms with Gasteiger partial charge in [-0.2, -0.15) is 0 Å². The van der Waals surface area contributed by atoms with Gasteiger partial charge in [0.1, 0.15) is 29.0 Å². The summed E-state index contributed by atoms with van der Waals surface area (Å²) in [5.41, 5.74) is 10.9. The van der Waals surface area contributed by atoms with Crippen molar-refractivity contribution >= 4 is 46.1 Å². The zero-order chi connectivity index (χ0) is 43.3. The largest absolute Gasteiger partial charge is 0.348 e. The number of rotatable bonds is 9. The number of nitrogens with zero attached hydrogens (tertiary/aromatic N) is 6. The van der Waals surface area contributed by atoms with Crippen LogP contribution in [0.5, 0.6) is 0 Å². The highest BCUT2D eigenvalue weighted by atomic mass is 32.1. The number of aliphatic imine (C=N–C) groups is 1. The third-order valence-corrected chi connectivity index (χ3v) is 14.1. The standard InChI is InChI=1S/C48H52N8O3S2/c1-26-30(5)61-47-39(26)40(50-29(4)43-54-53-31(6)56(43)47)37-13-10-12-36(24-37)33-17-21-35(22-18-33)44(57)52-42(48(7,8)9)46(59)55-23-11-14-38(55)45(58)51-27(2)32-15-19-34(20-16-32)41-28(3)49-25-60-41/h10,12-13,15-22,24-25,27,29,38,42H,11,14,23H2,1-9H3,(H,51,58)(H,52,57). The SMILES string of the molecule is Cc1ncsc1-c1ccc(C(C)NC(=O)C2CCCN2C(=O)C(NC(=O)c2ccc(-c3cccc(C4=NC(C)c5nnc(C)n5-c5sc(C)c(C)c54)c3)cc2)C(C)(C)C)cc1. The van der Waals surface area contributed by atoms with Crippen LogP contribution in [0.2, 0.25) is 0 Å². The molecule has 314 valence electrons. The van der Waals surface area contributed by atoms with E-state index in [9.17, 15) is 14.4 Å². The lowest BCUT2D eigenvalue weighted by Crippen LogP contribution is -2.57. The van der Waals surface area contributed by atoms with Crippen LogP contribution in [0.4, 0.5) is 0 Å². The van der Waals surface area contributed by atoms with E-state index >= 15 is 0 Å². The van der Waals surface area contributed by atoms with Crippen LogP contribution in [0.3, 0.4) is 0 Å².